The number of benzene rings is 1. The predicted molar refractivity (Wildman–Crippen MR) is 78.7 cm³/mol. The van der Waals surface area contributed by atoms with Crippen LogP contribution in [0.1, 0.15) is 24.8 Å². The van der Waals surface area contributed by atoms with Crippen molar-refractivity contribution in [1.29, 1.82) is 0 Å². The quantitative estimate of drug-likeness (QED) is 0.576. The summed E-state index contributed by atoms with van der Waals surface area (Å²) in [6, 6.07) is 9.82. The lowest BCUT2D eigenvalue weighted by atomic mass is 9.98. The van der Waals surface area contributed by atoms with Crippen LogP contribution in [0.25, 0.3) is 0 Å². The minimum atomic E-state index is -0.305. The summed E-state index contributed by atoms with van der Waals surface area (Å²) < 4.78 is 0. The Hall–Kier alpha value is -1.88. The Morgan fingerprint density at radius 1 is 1.15 bits per heavy atom. The van der Waals surface area contributed by atoms with Crippen LogP contribution in [0.2, 0.25) is 0 Å². The molecule has 0 aromatic heterocycles. The Labute approximate surface area is 119 Å². The van der Waals surface area contributed by atoms with Gasteiger partial charge in [0.15, 0.2) is 0 Å². The van der Waals surface area contributed by atoms with Crippen molar-refractivity contribution < 1.29 is 9.59 Å². The Morgan fingerprint density at radius 2 is 1.85 bits per heavy atom. The van der Waals surface area contributed by atoms with Gasteiger partial charge in [-0.3, -0.25) is 9.59 Å². The van der Waals surface area contributed by atoms with Gasteiger partial charge in [0, 0.05) is 19.5 Å². The summed E-state index contributed by atoms with van der Waals surface area (Å²) in [5.74, 6) is -0.552. The fourth-order valence-electron chi connectivity index (χ4n) is 1.96. The van der Waals surface area contributed by atoms with Crippen LogP contribution in [0.3, 0.4) is 0 Å². The third kappa shape index (κ3) is 6.33. The van der Waals surface area contributed by atoms with Gasteiger partial charge in [0.2, 0.25) is 11.8 Å². The van der Waals surface area contributed by atoms with Crippen molar-refractivity contribution in [3.63, 3.8) is 0 Å². The molecule has 0 saturated carbocycles. The maximum Gasteiger partial charge on any atom is 0.224 e. The van der Waals surface area contributed by atoms with E-state index in [1.54, 1.807) is 0 Å². The van der Waals surface area contributed by atoms with E-state index in [9.17, 15) is 9.59 Å². The largest absolute Gasteiger partial charge is 0.370 e. The molecule has 0 fully saturated rings. The number of hydrogen-bond acceptors (Lipinski definition) is 3. The molecule has 5 nitrogen and oxygen atoms in total. The normalized spacial score (nSPS) is 11.8. The molecule has 0 heterocycles. The van der Waals surface area contributed by atoms with Crippen LogP contribution >= 0.6 is 0 Å². The third-order valence-electron chi connectivity index (χ3n) is 3.13. The second-order valence-electron chi connectivity index (χ2n) is 4.84. The second kappa shape index (κ2) is 9.09. The molecule has 1 rings (SSSR count). The molecule has 1 aromatic rings. The molecular formula is C15H23N3O2. The van der Waals surface area contributed by atoms with Crippen molar-refractivity contribution in [2.75, 3.05) is 13.1 Å². The fraction of sp³-hybridized carbons (Fsp3) is 0.467. The van der Waals surface area contributed by atoms with E-state index in [2.05, 4.69) is 5.32 Å². The molecule has 0 aliphatic carbocycles. The van der Waals surface area contributed by atoms with Gasteiger partial charge in [0.05, 0.1) is 5.92 Å². The van der Waals surface area contributed by atoms with Crippen molar-refractivity contribution in [3.05, 3.63) is 35.9 Å². The summed E-state index contributed by atoms with van der Waals surface area (Å²) in [6.07, 6.45) is 2.45. The van der Waals surface area contributed by atoms with Gasteiger partial charge in [0.1, 0.15) is 0 Å². The highest BCUT2D eigenvalue weighted by Gasteiger charge is 2.16. The molecule has 5 N–H and O–H groups in total. The van der Waals surface area contributed by atoms with E-state index in [0.29, 0.717) is 32.4 Å². The Balaban J connectivity index is 2.30. The Bertz CT molecular complexity index is 420. The summed E-state index contributed by atoms with van der Waals surface area (Å²) in [6.45, 7) is 0.874. The van der Waals surface area contributed by atoms with Gasteiger partial charge in [-0.15, -0.1) is 0 Å². The van der Waals surface area contributed by atoms with Gasteiger partial charge in [-0.05, 0) is 24.8 Å². The van der Waals surface area contributed by atoms with Crippen LogP contribution in [0, 0.1) is 5.92 Å². The number of carbonyl (C=O) groups excluding carboxylic acids is 2. The van der Waals surface area contributed by atoms with E-state index in [1.165, 1.54) is 0 Å². The second-order valence-corrected chi connectivity index (χ2v) is 4.84. The van der Waals surface area contributed by atoms with Gasteiger partial charge in [-0.25, -0.2) is 0 Å². The van der Waals surface area contributed by atoms with Crippen LogP contribution < -0.4 is 16.8 Å². The first kappa shape index (κ1) is 16.2. The first-order chi connectivity index (χ1) is 9.63. The van der Waals surface area contributed by atoms with Gasteiger partial charge >= 0.3 is 0 Å². The van der Waals surface area contributed by atoms with E-state index < -0.39 is 0 Å². The number of carbonyl (C=O) groups is 2. The molecule has 1 aromatic carbocycles. The average molecular weight is 277 g/mol. The molecular weight excluding hydrogens is 254 g/mol. The maximum atomic E-state index is 12.0. The molecule has 1 atom stereocenters. The van der Waals surface area contributed by atoms with E-state index in [-0.39, 0.29) is 17.7 Å². The van der Waals surface area contributed by atoms with Crippen molar-refractivity contribution >= 4 is 11.8 Å². The molecule has 20 heavy (non-hydrogen) atoms. The summed E-state index contributed by atoms with van der Waals surface area (Å²) in [5.41, 5.74) is 11.8. The van der Waals surface area contributed by atoms with Crippen LogP contribution in [0.4, 0.5) is 0 Å². The number of unbranched alkanes of at least 4 members (excludes halogenated alkanes) is 1. The van der Waals surface area contributed by atoms with E-state index >= 15 is 0 Å². The molecule has 0 saturated heterocycles. The molecule has 0 spiro atoms. The molecule has 1 unspecified atom stereocenters. The number of nitrogens with two attached hydrogens (primary N) is 2. The lowest BCUT2D eigenvalue weighted by molar-refractivity contribution is -0.124. The van der Waals surface area contributed by atoms with Crippen LogP contribution in [-0.4, -0.2) is 24.9 Å². The lowest BCUT2D eigenvalue weighted by Gasteiger charge is -2.15. The summed E-state index contributed by atoms with van der Waals surface area (Å²) in [4.78, 5) is 22.6. The molecule has 0 bridgehead atoms. The van der Waals surface area contributed by atoms with Crippen molar-refractivity contribution in [2.24, 2.45) is 17.4 Å². The molecule has 0 aliphatic rings. The zero-order valence-electron chi connectivity index (χ0n) is 11.7. The van der Waals surface area contributed by atoms with Crippen LogP contribution in [0.5, 0.6) is 0 Å². The van der Waals surface area contributed by atoms with Gasteiger partial charge < -0.3 is 16.8 Å². The van der Waals surface area contributed by atoms with Crippen molar-refractivity contribution in [1.82, 2.24) is 5.32 Å². The van der Waals surface area contributed by atoms with Gasteiger partial charge in [0.25, 0.3) is 0 Å². The third-order valence-corrected chi connectivity index (χ3v) is 3.13. The highest BCUT2D eigenvalue weighted by Crippen LogP contribution is 2.08. The molecule has 0 aliphatic heterocycles. The summed E-state index contributed by atoms with van der Waals surface area (Å²) >= 11 is 0. The Morgan fingerprint density at radius 3 is 2.45 bits per heavy atom. The van der Waals surface area contributed by atoms with Crippen molar-refractivity contribution in [3.8, 4) is 0 Å². The fourth-order valence-corrected chi connectivity index (χ4v) is 1.96. The minimum Gasteiger partial charge on any atom is -0.370 e. The number of hydrogen-bond donors (Lipinski definition) is 3. The lowest BCUT2D eigenvalue weighted by Crippen LogP contribution is -2.36. The number of amides is 2. The first-order valence-corrected chi connectivity index (χ1v) is 6.93. The first-order valence-electron chi connectivity index (χ1n) is 6.93. The number of nitrogens with one attached hydrogen (secondary N) is 1. The Kier molecular flexibility index (Phi) is 7.35. The number of rotatable bonds is 9. The molecule has 2 amide bonds. The smallest absolute Gasteiger partial charge is 0.224 e. The van der Waals surface area contributed by atoms with Crippen LogP contribution in [-0.2, 0) is 16.0 Å². The topological polar surface area (TPSA) is 98.2 Å². The molecule has 0 radical (unpaired) electrons. The zero-order chi connectivity index (χ0) is 14.8. The van der Waals surface area contributed by atoms with E-state index in [1.807, 2.05) is 30.3 Å². The zero-order valence-corrected chi connectivity index (χ0v) is 11.7. The number of primary amides is 1. The van der Waals surface area contributed by atoms with E-state index in [0.717, 1.165) is 12.0 Å². The standard InChI is InChI=1S/C15H23N3O2/c16-11-13(10-12-6-2-1-3-7-12)15(20)18-9-5-4-8-14(17)19/h1-3,6-7,13H,4-5,8-11,16H2,(H2,17,19)(H,18,20). The summed E-state index contributed by atoms with van der Waals surface area (Å²) in [5, 5.41) is 2.86. The van der Waals surface area contributed by atoms with Gasteiger partial charge in [-0.1, -0.05) is 30.3 Å². The van der Waals surface area contributed by atoms with Crippen molar-refractivity contribution in [2.45, 2.75) is 25.7 Å². The minimum absolute atomic E-state index is 0.0320. The molecule has 5 heteroatoms. The van der Waals surface area contributed by atoms with Gasteiger partial charge in [-0.2, -0.15) is 0 Å². The maximum absolute atomic E-state index is 12.0. The highest BCUT2D eigenvalue weighted by atomic mass is 16.2. The highest BCUT2D eigenvalue weighted by molar-refractivity contribution is 5.79. The molecule has 110 valence electrons. The van der Waals surface area contributed by atoms with E-state index in [4.69, 9.17) is 11.5 Å². The predicted octanol–water partition coefficient (Wildman–Crippen LogP) is 0.576. The average Bonchev–Trinajstić information content (AvgIpc) is 2.45. The summed E-state index contributed by atoms with van der Waals surface area (Å²) in [7, 11) is 0. The monoisotopic (exact) mass is 277 g/mol. The van der Waals surface area contributed by atoms with Crippen LogP contribution in [0.15, 0.2) is 30.3 Å². The SMILES string of the molecule is NCC(Cc1ccccc1)C(=O)NCCCCC(N)=O.